The Labute approximate surface area is 154 Å². The van der Waals surface area contributed by atoms with E-state index >= 15 is 0 Å². The Hall–Kier alpha value is -2.69. The van der Waals surface area contributed by atoms with Gasteiger partial charge in [0.2, 0.25) is 11.8 Å². The Morgan fingerprint density at radius 2 is 1.69 bits per heavy atom. The Kier molecular flexibility index (Phi) is 5.66. The third-order valence-corrected chi connectivity index (χ3v) is 4.97. The van der Waals surface area contributed by atoms with Crippen LogP contribution in [0.3, 0.4) is 0 Å². The monoisotopic (exact) mass is 351 g/mol. The lowest BCUT2D eigenvalue weighted by molar-refractivity contribution is -0.143. The summed E-state index contributed by atoms with van der Waals surface area (Å²) in [5, 5.41) is 2.95. The lowest BCUT2D eigenvalue weighted by Gasteiger charge is -2.23. The van der Waals surface area contributed by atoms with Gasteiger partial charge >= 0.3 is 0 Å². The zero-order valence-electron chi connectivity index (χ0n) is 15.1. The van der Waals surface area contributed by atoms with Crippen molar-refractivity contribution >= 4 is 11.8 Å². The molecular weight excluding hydrogens is 326 g/mol. The summed E-state index contributed by atoms with van der Waals surface area (Å²) in [4.78, 5) is 31.0. The van der Waals surface area contributed by atoms with E-state index < -0.39 is 5.41 Å². The van der Waals surface area contributed by atoms with E-state index in [0.717, 1.165) is 18.4 Å². The van der Waals surface area contributed by atoms with Crippen molar-refractivity contribution in [2.24, 2.45) is 5.41 Å². The first-order chi connectivity index (χ1) is 12.6. The van der Waals surface area contributed by atoms with Crippen molar-refractivity contribution in [2.45, 2.75) is 25.7 Å². The van der Waals surface area contributed by atoms with E-state index in [1.807, 2.05) is 42.5 Å². The quantitative estimate of drug-likeness (QED) is 0.742. The summed E-state index contributed by atoms with van der Waals surface area (Å²) in [6, 6.07) is 13.9. The molecule has 5 nitrogen and oxygen atoms in total. The Morgan fingerprint density at radius 1 is 1.04 bits per heavy atom. The summed E-state index contributed by atoms with van der Waals surface area (Å²) in [6.45, 7) is 1.15. The first-order valence-electron chi connectivity index (χ1n) is 9.08. The molecule has 26 heavy (non-hydrogen) atoms. The van der Waals surface area contributed by atoms with Gasteiger partial charge in [0.1, 0.15) is 5.41 Å². The smallest absolute Gasteiger partial charge is 0.238 e. The number of nitrogens with one attached hydrogen (secondary N) is 1. The van der Waals surface area contributed by atoms with E-state index in [1.165, 1.54) is 5.56 Å². The van der Waals surface area contributed by atoms with Crippen molar-refractivity contribution in [3.8, 4) is 0 Å². The van der Waals surface area contributed by atoms with Crippen LogP contribution in [0.1, 0.15) is 24.0 Å². The van der Waals surface area contributed by atoms with Crippen LogP contribution < -0.4 is 5.32 Å². The van der Waals surface area contributed by atoms with Crippen molar-refractivity contribution in [3.63, 3.8) is 0 Å². The zero-order valence-corrected chi connectivity index (χ0v) is 15.1. The molecule has 1 heterocycles. The van der Waals surface area contributed by atoms with Gasteiger partial charge in [-0.3, -0.25) is 14.6 Å². The molecule has 0 saturated heterocycles. The van der Waals surface area contributed by atoms with Crippen molar-refractivity contribution < 1.29 is 9.59 Å². The molecule has 1 N–H and O–H groups in total. The van der Waals surface area contributed by atoms with Crippen molar-refractivity contribution in [1.82, 2.24) is 15.2 Å². The fourth-order valence-corrected chi connectivity index (χ4v) is 3.11. The molecule has 1 aliphatic rings. The van der Waals surface area contributed by atoms with Crippen LogP contribution in [-0.4, -0.2) is 41.8 Å². The minimum Gasteiger partial charge on any atom is -0.355 e. The molecule has 0 atom stereocenters. The molecule has 1 saturated carbocycles. The van der Waals surface area contributed by atoms with E-state index in [4.69, 9.17) is 0 Å². The van der Waals surface area contributed by atoms with Gasteiger partial charge in [-0.15, -0.1) is 0 Å². The van der Waals surface area contributed by atoms with Gasteiger partial charge in [-0.05, 0) is 48.9 Å². The van der Waals surface area contributed by atoms with Crippen LogP contribution in [0.5, 0.6) is 0 Å². The molecule has 136 valence electrons. The SMILES string of the molecule is CN(CCc1ccncc1)C(=O)C1(C(=O)NCCc2ccccc2)CC1. The zero-order chi connectivity index (χ0) is 18.4. The molecule has 0 aliphatic heterocycles. The van der Waals surface area contributed by atoms with Gasteiger partial charge in [0.15, 0.2) is 0 Å². The Morgan fingerprint density at radius 3 is 2.35 bits per heavy atom. The number of hydrogen-bond donors (Lipinski definition) is 1. The first-order valence-corrected chi connectivity index (χ1v) is 9.08. The number of carbonyl (C=O) groups excluding carboxylic acids is 2. The molecule has 1 aromatic carbocycles. The highest BCUT2D eigenvalue weighted by atomic mass is 16.2. The van der Waals surface area contributed by atoms with Crippen LogP contribution >= 0.6 is 0 Å². The highest BCUT2D eigenvalue weighted by Gasteiger charge is 2.57. The summed E-state index contributed by atoms with van der Waals surface area (Å²) < 4.78 is 0. The van der Waals surface area contributed by atoms with Crippen LogP contribution in [0.15, 0.2) is 54.9 Å². The molecule has 2 amide bonds. The number of likely N-dealkylation sites (N-methyl/N-ethyl adjacent to an activating group) is 1. The molecule has 1 fully saturated rings. The molecule has 0 unspecified atom stereocenters. The molecule has 3 rings (SSSR count). The highest BCUT2D eigenvalue weighted by Crippen LogP contribution is 2.47. The predicted molar refractivity (Wildman–Crippen MR) is 100 cm³/mol. The molecule has 2 aromatic rings. The molecule has 5 heteroatoms. The van der Waals surface area contributed by atoms with Gasteiger partial charge in [0.25, 0.3) is 0 Å². The summed E-state index contributed by atoms with van der Waals surface area (Å²) in [7, 11) is 1.78. The maximum absolute atomic E-state index is 12.8. The van der Waals surface area contributed by atoms with E-state index in [1.54, 1.807) is 24.3 Å². The largest absolute Gasteiger partial charge is 0.355 e. The van der Waals surface area contributed by atoms with Gasteiger partial charge < -0.3 is 10.2 Å². The number of aromatic nitrogens is 1. The van der Waals surface area contributed by atoms with Crippen LogP contribution in [0, 0.1) is 5.41 Å². The number of rotatable bonds is 8. The van der Waals surface area contributed by atoms with Gasteiger partial charge in [0.05, 0.1) is 0 Å². The van der Waals surface area contributed by atoms with E-state index in [-0.39, 0.29) is 11.8 Å². The Balaban J connectivity index is 1.48. The number of benzene rings is 1. The normalized spacial score (nSPS) is 14.5. The second-order valence-electron chi connectivity index (χ2n) is 6.91. The minimum atomic E-state index is -0.844. The molecule has 0 bridgehead atoms. The fraction of sp³-hybridized carbons (Fsp3) is 0.381. The maximum Gasteiger partial charge on any atom is 0.238 e. The van der Waals surface area contributed by atoms with Crippen LogP contribution in [0.25, 0.3) is 0 Å². The number of amides is 2. The average molecular weight is 351 g/mol. The number of pyridine rings is 1. The maximum atomic E-state index is 12.8. The predicted octanol–water partition coefficient (Wildman–Crippen LogP) is 2.22. The molecule has 1 aliphatic carbocycles. The van der Waals surface area contributed by atoms with Crippen molar-refractivity contribution in [3.05, 3.63) is 66.0 Å². The Bertz CT molecular complexity index is 742. The number of carbonyl (C=O) groups is 2. The van der Waals surface area contributed by atoms with Crippen molar-refractivity contribution in [2.75, 3.05) is 20.1 Å². The number of hydrogen-bond acceptors (Lipinski definition) is 3. The van der Waals surface area contributed by atoms with E-state index in [0.29, 0.717) is 25.9 Å². The summed E-state index contributed by atoms with van der Waals surface area (Å²) in [5.74, 6) is -0.196. The molecule has 0 spiro atoms. The summed E-state index contributed by atoms with van der Waals surface area (Å²) in [5.41, 5.74) is 1.47. The second kappa shape index (κ2) is 8.13. The van der Waals surface area contributed by atoms with Crippen LogP contribution in [0.4, 0.5) is 0 Å². The minimum absolute atomic E-state index is 0.0660. The number of nitrogens with zero attached hydrogens (tertiary/aromatic N) is 2. The lowest BCUT2D eigenvalue weighted by atomic mass is 10.0. The van der Waals surface area contributed by atoms with E-state index in [2.05, 4.69) is 10.3 Å². The van der Waals surface area contributed by atoms with Crippen LogP contribution in [0.2, 0.25) is 0 Å². The average Bonchev–Trinajstić information content (AvgIpc) is 3.49. The third-order valence-electron chi connectivity index (χ3n) is 4.97. The molecule has 1 aromatic heterocycles. The third kappa shape index (κ3) is 4.28. The first kappa shape index (κ1) is 18.1. The van der Waals surface area contributed by atoms with Gasteiger partial charge in [0, 0.05) is 32.5 Å². The summed E-state index contributed by atoms with van der Waals surface area (Å²) in [6.07, 6.45) is 6.32. The van der Waals surface area contributed by atoms with Crippen molar-refractivity contribution in [1.29, 1.82) is 0 Å². The van der Waals surface area contributed by atoms with Gasteiger partial charge in [-0.25, -0.2) is 0 Å². The lowest BCUT2D eigenvalue weighted by Crippen LogP contribution is -2.44. The molecule has 0 radical (unpaired) electrons. The highest BCUT2D eigenvalue weighted by molar-refractivity contribution is 6.07. The topological polar surface area (TPSA) is 62.3 Å². The fourth-order valence-electron chi connectivity index (χ4n) is 3.11. The second-order valence-corrected chi connectivity index (χ2v) is 6.91. The van der Waals surface area contributed by atoms with Gasteiger partial charge in [-0.2, -0.15) is 0 Å². The summed E-state index contributed by atoms with van der Waals surface area (Å²) >= 11 is 0. The van der Waals surface area contributed by atoms with Gasteiger partial charge in [-0.1, -0.05) is 30.3 Å². The van der Waals surface area contributed by atoms with Crippen LogP contribution in [-0.2, 0) is 22.4 Å². The molecular formula is C21H25N3O2. The standard InChI is InChI=1S/C21H25N3O2/c1-24(16-10-18-7-13-22-14-8-18)20(26)21(11-12-21)19(25)23-15-9-17-5-3-2-4-6-17/h2-8,13-14H,9-12,15-16H2,1H3,(H,23,25). The van der Waals surface area contributed by atoms with E-state index in [9.17, 15) is 9.59 Å².